The van der Waals surface area contributed by atoms with E-state index in [2.05, 4.69) is 5.32 Å². The van der Waals surface area contributed by atoms with Crippen LogP contribution in [0.5, 0.6) is 0 Å². The van der Waals surface area contributed by atoms with Crippen molar-refractivity contribution in [2.24, 2.45) is 17.8 Å². The maximum atomic E-state index is 11.6. The molecule has 0 bridgehead atoms. The van der Waals surface area contributed by atoms with Crippen molar-refractivity contribution in [1.82, 2.24) is 0 Å². The van der Waals surface area contributed by atoms with E-state index in [4.69, 9.17) is 10.5 Å². The zero-order chi connectivity index (χ0) is 14.1. The SMILES string of the molecule is COC(=O)c1cc(NCC(C2CC2)C2CC2)ccc1N. The summed E-state index contributed by atoms with van der Waals surface area (Å²) in [4.78, 5) is 11.6. The zero-order valence-corrected chi connectivity index (χ0v) is 11.9. The van der Waals surface area contributed by atoms with E-state index in [-0.39, 0.29) is 5.97 Å². The zero-order valence-electron chi connectivity index (χ0n) is 11.9. The highest BCUT2D eigenvalue weighted by Crippen LogP contribution is 2.49. The molecule has 2 saturated carbocycles. The number of carbonyl (C=O) groups excluding carboxylic acids is 1. The Hall–Kier alpha value is -1.71. The van der Waals surface area contributed by atoms with Crippen molar-refractivity contribution in [3.05, 3.63) is 23.8 Å². The van der Waals surface area contributed by atoms with Crippen molar-refractivity contribution in [2.75, 3.05) is 24.7 Å². The Labute approximate surface area is 119 Å². The number of nitrogens with two attached hydrogens (primary N) is 1. The summed E-state index contributed by atoms with van der Waals surface area (Å²) in [5.74, 6) is 2.26. The number of carbonyl (C=O) groups is 1. The van der Waals surface area contributed by atoms with Gasteiger partial charge in [-0.25, -0.2) is 4.79 Å². The fourth-order valence-corrected chi connectivity index (χ4v) is 2.96. The molecule has 2 aliphatic carbocycles. The van der Waals surface area contributed by atoms with Gasteiger partial charge in [-0.3, -0.25) is 0 Å². The average molecular weight is 274 g/mol. The van der Waals surface area contributed by atoms with Crippen LogP contribution in [0.15, 0.2) is 18.2 Å². The van der Waals surface area contributed by atoms with Crippen molar-refractivity contribution < 1.29 is 9.53 Å². The molecule has 0 aromatic heterocycles. The molecule has 3 rings (SSSR count). The number of rotatable bonds is 6. The summed E-state index contributed by atoms with van der Waals surface area (Å²) < 4.78 is 4.75. The van der Waals surface area contributed by atoms with Gasteiger partial charge in [0, 0.05) is 17.9 Å². The van der Waals surface area contributed by atoms with Gasteiger partial charge < -0.3 is 15.8 Å². The molecule has 108 valence electrons. The summed E-state index contributed by atoms with van der Waals surface area (Å²) in [7, 11) is 1.37. The number of nitrogens with one attached hydrogen (secondary N) is 1. The Balaban J connectivity index is 1.66. The Morgan fingerprint density at radius 2 is 2.00 bits per heavy atom. The molecule has 0 radical (unpaired) electrons. The van der Waals surface area contributed by atoms with Crippen LogP contribution < -0.4 is 11.1 Å². The Kier molecular flexibility index (Phi) is 3.55. The van der Waals surface area contributed by atoms with Crippen LogP contribution in [-0.4, -0.2) is 19.6 Å². The van der Waals surface area contributed by atoms with Crippen molar-refractivity contribution in [2.45, 2.75) is 25.7 Å². The van der Waals surface area contributed by atoms with Gasteiger partial charge >= 0.3 is 5.97 Å². The molecular weight excluding hydrogens is 252 g/mol. The largest absolute Gasteiger partial charge is 0.465 e. The van der Waals surface area contributed by atoms with Crippen molar-refractivity contribution in [3.8, 4) is 0 Å². The highest BCUT2D eigenvalue weighted by Gasteiger charge is 2.40. The molecular formula is C16H22N2O2. The predicted molar refractivity (Wildman–Crippen MR) is 79.6 cm³/mol. The lowest BCUT2D eigenvalue weighted by Gasteiger charge is -2.17. The summed E-state index contributed by atoms with van der Waals surface area (Å²) >= 11 is 0. The Morgan fingerprint density at radius 3 is 2.55 bits per heavy atom. The predicted octanol–water partition coefficient (Wildman–Crippen LogP) is 2.90. The van der Waals surface area contributed by atoms with Gasteiger partial charge in [-0.2, -0.15) is 0 Å². The van der Waals surface area contributed by atoms with Gasteiger partial charge in [0.1, 0.15) is 0 Å². The molecule has 0 spiro atoms. The van der Waals surface area contributed by atoms with Crippen molar-refractivity contribution in [3.63, 3.8) is 0 Å². The van der Waals surface area contributed by atoms with Gasteiger partial charge in [0.05, 0.1) is 12.7 Å². The summed E-state index contributed by atoms with van der Waals surface area (Å²) in [5, 5.41) is 3.47. The number of nitrogen functional groups attached to an aromatic ring is 1. The summed E-state index contributed by atoms with van der Waals surface area (Å²) in [6.45, 7) is 1.000. The van der Waals surface area contributed by atoms with Crippen LogP contribution in [0.3, 0.4) is 0 Å². The van der Waals surface area contributed by atoms with Crippen molar-refractivity contribution in [1.29, 1.82) is 0 Å². The summed E-state index contributed by atoms with van der Waals surface area (Å²) in [5.41, 5.74) is 7.66. The van der Waals surface area contributed by atoms with Gasteiger partial charge in [-0.05, 0) is 61.6 Å². The van der Waals surface area contributed by atoms with Gasteiger partial charge in [0.25, 0.3) is 0 Å². The van der Waals surface area contributed by atoms with E-state index in [0.717, 1.165) is 30.0 Å². The normalized spacial score (nSPS) is 18.1. The summed E-state index contributed by atoms with van der Waals surface area (Å²) in [6, 6.07) is 5.48. The number of anilines is 2. The van der Waals surface area contributed by atoms with E-state index in [1.54, 1.807) is 12.1 Å². The minimum atomic E-state index is -0.382. The van der Waals surface area contributed by atoms with Gasteiger partial charge in [-0.1, -0.05) is 0 Å². The van der Waals surface area contributed by atoms with Crippen LogP contribution in [0, 0.1) is 17.8 Å². The molecule has 1 aromatic carbocycles. The van der Waals surface area contributed by atoms with E-state index in [0.29, 0.717) is 11.3 Å². The fourth-order valence-electron chi connectivity index (χ4n) is 2.96. The Morgan fingerprint density at radius 1 is 1.35 bits per heavy atom. The average Bonchev–Trinajstić information content (AvgIpc) is 3.33. The molecule has 0 saturated heterocycles. The van der Waals surface area contributed by atoms with Crippen LogP contribution in [0.1, 0.15) is 36.0 Å². The lowest BCUT2D eigenvalue weighted by atomic mass is 9.98. The van der Waals surface area contributed by atoms with E-state index in [1.165, 1.54) is 32.8 Å². The van der Waals surface area contributed by atoms with Gasteiger partial charge in [0.15, 0.2) is 0 Å². The number of hydrogen-bond donors (Lipinski definition) is 2. The second-order valence-corrected chi connectivity index (χ2v) is 6.01. The van der Waals surface area contributed by atoms with Gasteiger partial charge in [0.2, 0.25) is 0 Å². The van der Waals surface area contributed by atoms with E-state index < -0.39 is 0 Å². The second kappa shape index (κ2) is 5.35. The van der Waals surface area contributed by atoms with Crippen LogP contribution in [0.2, 0.25) is 0 Å². The first-order valence-electron chi connectivity index (χ1n) is 7.40. The molecule has 4 heteroatoms. The first kappa shape index (κ1) is 13.3. The van der Waals surface area contributed by atoms with E-state index >= 15 is 0 Å². The molecule has 1 aromatic rings. The maximum absolute atomic E-state index is 11.6. The molecule has 0 heterocycles. The van der Waals surface area contributed by atoms with Crippen LogP contribution in [0.25, 0.3) is 0 Å². The minimum Gasteiger partial charge on any atom is -0.465 e. The van der Waals surface area contributed by atoms with E-state index in [9.17, 15) is 4.79 Å². The fraction of sp³-hybridized carbons (Fsp3) is 0.562. The summed E-state index contributed by atoms with van der Waals surface area (Å²) in [6.07, 6.45) is 5.55. The Bertz CT molecular complexity index is 495. The minimum absolute atomic E-state index is 0.382. The first-order chi connectivity index (χ1) is 9.69. The lowest BCUT2D eigenvalue weighted by Crippen LogP contribution is -2.18. The standard InChI is InChI=1S/C16H22N2O2/c1-20-16(19)13-8-12(6-7-15(13)17)18-9-14(10-2-3-10)11-4-5-11/h6-8,10-11,14,18H,2-5,9,17H2,1H3. The molecule has 4 nitrogen and oxygen atoms in total. The van der Waals surface area contributed by atoms with Crippen LogP contribution >= 0.6 is 0 Å². The smallest absolute Gasteiger partial charge is 0.340 e. The van der Waals surface area contributed by atoms with Gasteiger partial charge in [-0.15, -0.1) is 0 Å². The third kappa shape index (κ3) is 2.89. The maximum Gasteiger partial charge on any atom is 0.340 e. The molecule has 0 atom stereocenters. The molecule has 0 amide bonds. The first-order valence-corrected chi connectivity index (χ1v) is 7.40. The van der Waals surface area contributed by atoms with E-state index in [1.807, 2.05) is 6.07 Å². The number of methoxy groups -OCH3 is 1. The monoisotopic (exact) mass is 274 g/mol. The third-order valence-corrected chi connectivity index (χ3v) is 4.46. The molecule has 20 heavy (non-hydrogen) atoms. The molecule has 3 N–H and O–H groups in total. The number of benzene rings is 1. The highest BCUT2D eigenvalue weighted by atomic mass is 16.5. The second-order valence-electron chi connectivity index (χ2n) is 6.01. The molecule has 0 unspecified atom stereocenters. The van der Waals surface area contributed by atoms with Crippen molar-refractivity contribution >= 4 is 17.3 Å². The quantitative estimate of drug-likeness (QED) is 0.618. The highest BCUT2D eigenvalue weighted by molar-refractivity contribution is 5.96. The molecule has 0 aliphatic heterocycles. The topological polar surface area (TPSA) is 64.3 Å². The molecule has 2 aliphatic rings. The lowest BCUT2D eigenvalue weighted by molar-refractivity contribution is 0.0602. The van der Waals surface area contributed by atoms with Crippen LogP contribution in [-0.2, 0) is 4.74 Å². The van der Waals surface area contributed by atoms with Crippen LogP contribution in [0.4, 0.5) is 11.4 Å². The third-order valence-electron chi connectivity index (χ3n) is 4.46. The number of esters is 1. The molecule has 2 fully saturated rings. The number of hydrogen-bond acceptors (Lipinski definition) is 4. The number of ether oxygens (including phenoxy) is 1.